The summed E-state index contributed by atoms with van der Waals surface area (Å²) in [5.74, 6) is -1.71. The molecule has 2 aliphatic rings. The normalized spacial score (nSPS) is 18.6. The van der Waals surface area contributed by atoms with Crippen LogP contribution in [0.4, 0.5) is 0 Å². The fraction of sp³-hybridized carbons (Fsp3) is 0.290. The number of fused-ring (bicyclic) bond motifs is 3. The van der Waals surface area contributed by atoms with Crippen LogP contribution in [0.3, 0.4) is 0 Å². The van der Waals surface area contributed by atoms with Crippen molar-refractivity contribution in [2.24, 2.45) is 13.0 Å². The lowest BCUT2D eigenvalue weighted by atomic mass is 9.71. The summed E-state index contributed by atoms with van der Waals surface area (Å²) >= 11 is 6.50. The number of aryl methyl sites for hydroxylation is 1. The Kier molecular flexibility index (Phi) is 6.84. The van der Waals surface area contributed by atoms with E-state index in [1.54, 1.807) is 19.1 Å². The third-order valence-electron chi connectivity index (χ3n) is 8.30. The van der Waals surface area contributed by atoms with Crippen LogP contribution in [0, 0.1) is 5.92 Å². The molecule has 0 saturated heterocycles. The molecular weight excluding hydrogens is 594 g/mol. The molecule has 0 fully saturated rings. The zero-order chi connectivity index (χ0) is 31.7. The second-order valence-corrected chi connectivity index (χ2v) is 11.0. The Morgan fingerprint density at radius 3 is 2.34 bits per heavy atom. The first-order valence-corrected chi connectivity index (χ1v) is 13.9. The average molecular weight is 620 g/mol. The summed E-state index contributed by atoms with van der Waals surface area (Å²) in [6, 6.07) is 9.00. The van der Waals surface area contributed by atoms with Crippen molar-refractivity contribution in [3.8, 4) is 23.0 Å². The number of benzene rings is 2. The standard InChI is InChI=1S/C31H26ClN3O9/c1-14-10-19-17(26(37)31(14)27(38)23-21(42-4)12-22(43-5)24(32)25(23)44-31)11-18-28(33-19)34(2)30(40)35(29(18)39)13-20(36)15-6-8-16(41-3)9-7-15/h6-9,11-12,14H,10,13H2,1-5H3. The average Bonchev–Trinajstić information content (AvgIpc) is 3.35. The molecule has 1 aliphatic heterocycles. The SMILES string of the molecule is COc1ccc(C(=O)Cn2c(=O)c3cc4c(nc3n(C)c2=O)CC(C)C2(Oc3c(Cl)c(OC)cc(OC)c3C2=O)C4=O)cc1. The van der Waals surface area contributed by atoms with Crippen LogP contribution >= 0.6 is 11.6 Å². The molecule has 226 valence electrons. The van der Waals surface area contributed by atoms with Crippen molar-refractivity contribution < 1.29 is 33.3 Å². The van der Waals surface area contributed by atoms with Gasteiger partial charge in [-0.2, -0.15) is 0 Å². The van der Waals surface area contributed by atoms with Gasteiger partial charge in [-0.25, -0.2) is 9.78 Å². The van der Waals surface area contributed by atoms with Gasteiger partial charge in [0.05, 0.1) is 39.0 Å². The van der Waals surface area contributed by atoms with Gasteiger partial charge in [-0.15, -0.1) is 0 Å². The smallest absolute Gasteiger partial charge is 0.332 e. The Bertz CT molecular complexity index is 2050. The predicted molar refractivity (Wildman–Crippen MR) is 158 cm³/mol. The first-order chi connectivity index (χ1) is 21.0. The summed E-state index contributed by atoms with van der Waals surface area (Å²) < 4.78 is 23.9. The lowest BCUT2D eigenvalue weighted by Gasteiger charge is -2.36. The van der Waals surface area contributed by atoms with Crippen molar-refractivity contribution >= 4 is 40.0 Å². The maximum atomic E-state index is 14.3. The minimum Gasteiger partial charge on any atom is -0.497 e. The van der Waals surface area contributed by atoms with Crippen LogP contribution in [-0.4, -0.2) is 58.4 Å². The van der Waals surface area contributed by atoms with Gasteiger partial charge in [0, 0.05) is 30.2 Å². The van der Waals surface area contributed by atoms with E-state index in [1.807, 2.05) is 0 Å². The Morgan fingerprint density at radius 2 is 1.70 bits per heavy atom. The van der Waals surface area contributed by atoms with Crippen molar-refractivity contribution in [2.75, 3.05) is 21.3 Å². The quantitative estimate of drug-likeness (QED) is 0.233. The molecule has 4 aromatic rings. The van der Waals surface area contributed by atoms with Gasteiger partial charge < -0.3 is 18.9 Å². The van der Waals surface area contributed by atoms with Gasteiger partial charge in [0.2, 0.25) is 17.2 Å². The van der Waals surface area contributed by atoms with E-state index in [1.165, 1.54) is 52.6 Å². The topological polar surface area (TPSA) is 145 Å². The molecule has 44 heavy (non-hydrogen) atoms. The molecule has 2 aromatic carbocycles. The third kappa shape index (κ3) is 3.97. The number of ether oxygens (including phenoxy) is 4. The van der Waals surface area contributed by atoms with E-state index >= 15 is 0 Å². The van der Waals surface area contributed by atoms with Gasteiger partial charge in [-0.1, -0.05) is 18.5 Å². The molecule has 12 nitrogen and oxygen atoms in total. The molecule has 0 bridgehead atoms. The molecular formula is C31H26ClN3O9. The summed E-state index contributed by atoms with van der Waals surface area (Å²) in [5.41, 5.74) is -2.94. The zero-order valence-corrected chi connectivity index (χ0v) is 25.1. The number of pyridine rings is 1. The monoisotopic (exact) mass is 619 g/mol. The number of halogens is 1. The number of hydrogen-bond donors (Lipinski definition) is 0. The van der Waals surface area contributed by atoms with Gasteiger partial charge in [-0.3, -0.25) is 28.3 Å². The highest BCUT2D eigenvalue weighted by molar-refractivity contribution is 6.36. The van der Waals surface area contributed by atoms with Crippen LogP contribution in [0.25, 0.3) is 11.0 Å². The van der Waals surface area contributed by atoms with Crippen molar-refractivity contribution in [1.29, 1.82) is 0 Å². The molecule has 1 aliphatic carbocycles. The maximum Gasteiger partial charge on any atom is 0.332 e. The van der Waals surface area contributed by atoms with Crippen molar-refractivity contribution in [3.05, 3.63) is 84.6 Å². The first-order valence-electron chi connectivity index (χ1n) is 13.5. The molecule has 6 rings (SSSR count). The molecule has 13 heteroatoms. The molecule has 2 atom stereocenters. The Hall–Kier alpha value is -4.97. The van der Waals surface area contributed by atoms with E-state index in [0.29, 0.717) is 11.4 Å². The first kappa shape index (κ1) is 29.1. The van der Waals surface area contributed by atoms with Gasteiger partial charge >= 0.3 is 5.69 Å². The van der Waals surface area contributed by atoms with E-state index < -0.39 is 46.7 Å². The number of aromatic nitrogens is 3. The second-order valence-electron chi connectivity index (χ2n) is 10.6. The number of Topliss-reactive ketones (excluding diaryl/α,β-unsaturated/α-hetero) is 3. The summed E-state index contributed by atoms with van der Waals surface area (Å²) in [5, 5.41) is -0.0675. The molecule has 2 aromatic heterocycles. The summed E-state index contributed by atoms with van der Waals surface area (Å²) in [6.07, 6.45) is 0.112. The van der Waals surface area contributed by atoms with E-state index in [-0.39, 0.29) is 56.4 Å². The summed E-state index contributed by atoms with van der Waals surface area (Å²) in [6.45, 7) is 1.13. The maximum absolute atomic E-state index is 14.3. The minimum atomic E-state index is -2.00. The lowest BCUT2D eigenvalue weighted by molar-refractivity contribution is 0.0257. The molecule has 0 amide bonds. The Balaban J connectivity index is 1.47. The van der Waals surface area contributed by atoms with Gasteiger partial charge in [0.15, 0.2) is 11.5 Å². The molecule has 2 unspecified atom stereocenters. The van der Waals surface area contributed by atoms with Gasteiger partial charge in [-0.05, 0) is 36.8 Å². The number of carbonyl (C=O) groups is 3. The van der Waals surface area contributed by atoms with E-state index in [9.17, 15) is 24.0 Å². The second kappa shape index (κ2) is 10.3. The zero-order valence-electron chi connectivity index (χ0n) is 24.3. The highest BCUT2D eigenvalue weighted by Gasteiger charge is 2.62. The fourth-order valence-electron chi connectivity index (χ4n) is 5.89. The van der Waals surface area contributed by atoms with Crippen LogP contribution < -0.4 is 30.2 Å². The number of carbonyl (C=O) groups excluding carboxylic acids is 3. The van der Waals surface area contributed by atoms with Crippen molar-refractivity contribution in [3.63, 3.8) is 0 Å². The van der Waals surface area contributed by atoms with Crippen LogP contribution in [0.15, 0.2) is 46.0 Å². The highest BCUT2D eigenvalue weighted by atomic mass is 35.5. The molecule has 0 N–H and O–H groups in total. The predicted octanol–water partition coefficient (Wildman–Crippen LogP) is 3.05. The minimum absolute atomic E-state index is 0.00960. The van der Waals surface area contributed by atoms with Crippen LogP contribution in [-0.2, 0) is 20.0 Å². The number of nitrogens with zero attached hydrogens (tertiary/aromatic N) is 3. The van der Waals surface area contributed by atoms with Crippen molar-refractivity contribution in [2.45, 2.75) is 25.5 Å². The van der Waals surface area contributed by atoms with E-state index in [4.69, 9.17) is 30.5 Å². The number of hydrogen-bond acceptors (Lipinski definition) is 10. The van der Waals surface area contributed by atoms with Crippen LogP contribution in [0.1, 0.15) is 43.7 Å². The molecule has 3 heterocycles. The lowest BCUT2D eigenvalue weighted by Crippen LogP contribution is -2.57. The molecule has 1 spiro atoms. The summed E-state index contributed by atoms with van der Waals surface area (Å²) in [7, 11) is 5.68. The van der Waals surface area contributed by atoms with Crippen LogP contribution in [0.2, 0.25) is 5.02 Å². The Labute approximate surface area is 254 Å². The van der Waals surface area contributed by atoms with E-state index in [2.05, 4.69) is 4.98 Å². The van der Waals surface area contributed by atoms with Gasteiger partial charge in [0.1, 0.15) is 33.5 Å². The Morgan fingerprint density at radius 1 is 1.02 bits per heavy atom. The third-order valence-corrected chi connectivity index (χ3v) is 8.66. The number of methoxy groups -OCH3 is 3. The highest BCUT2D eigenvalue weighted by Crippen LogP contribution is 2.53. The van der Waals surface area contributed by atoms with E-state index in [0.717, 1.165) is 9.13 Å². The van der Waals surface area contributed by atoms with Gasteiger partial charge in [0.25, 0.3) is 5.56 Å². The summed E-state index contributed by atoms with van der Waals surface area (Å²) in [4.78, 5) is 72.7. The molecule has 0 saturated carbocycles. The fourth-order valence-corrected chi connectivity index (χ4v) is 6.16. The van der Waals surface area contributed by atoms with Crippen molar-refractivity contribution in [1.82, 2.24) is 14.1 Å². The van der Waals surface area contributed by atoms with Crippen LogP contribution in [0.5, 0.6) is 23.0 Å². The molecule has 0 radical (unpaired) electrons. The number of ketones is 3. The largest absolute Gasteiger partial charge is 0.497 e. The number of rotatable bonds is 6.